The molecule has 1 amide bonds. The van der Waals surface area contributed by atoms with E-state index in [2.05, 4.69) is 25.0 Å². The molecule has 0 fully saturated rings. The van der Waals surface area contributed by atoms with Crippen LogP contribution in [-0.4, -0.2) is 63.4 Å². The van der Waals surface area contributed by atoms with Crippen molar-refractivity contribution in [1.29, 1.82) is 0 Å². The van der Waals surface area contributed by atoms with Crippen LogP contribution in [0, 0.1) is 0 Å². The first-order valence-electron chi connectivity index (χ1n) is 9.99. The molecule has 168 valence electrons. The van der Waals surface area contributed by atoms with Gasteiger partial charge >= 0.3 is 0 Å². The first kappa shape index (κ1) is 23.0. The van der Waals surface area contributed by atoms with Gasteiger partial charge in [-0.3, -0.25) is 14.5 Å². The van der Waals surface area contributed by atoms with Crippen molar-refractivity contribution in [3.05, 3.63) is 54.2 Å². The van der Waals surface area contributed by atoms with Gasteiger partial charge in [0.2, 0.25) is 5.95 Å². The molecule has 0 bridgehead atoms. The Morgan fingerprint density at radius 3 is 2.59 bits per heavy atom. The molecule has 3 aromatic heterocycles. The van der Waals surface area contributed by atoms with Crippen LogP contribution in [0.25, 0.3) is 11.3 Å². The second kappa shape index (κ2) is 11.1. The molecule has 3 rings (SSSR count). The molecule has 0 saturated carbocycles. The van der Waals surface area contributed by atoms with Crippen molar-refractivity contribution in [2.24, 2.45) is 10.7 Å². The van der Waals surface area contributed by atoms with Crippen LogP contribution >= 0.6 is 0 Å². The maximum Gasteiger partial charge on any atom is 0.281 e. The lowest BCUT2D eigenvalue weighted by Gasteiger charge is -2.11. The van der Waals surface area contributed by atoms with Crippen molar-refractivity contribution in [3.63, 3.8) is 0 Å². The van der Waals surface area contributed by atoms with Crippen LogP contribution in [-0.2, 0) is 16.0 Å². The fourth-order valence-electron chi connectivity index (χ4n) is 2.75. The standard InChI is InChI=1S/C21H26N8O3/c1-14(15-3-4-18(24-9-15)16-10-25-21(23)26-11-16)19(22)28-20(30)17-12-27-29(13-17)5-6-32-8-7-31-2/h3-4,9-14H,5-8H2,1-2H3,(H2,22,28,30)(H2,23,25,26). The molecule has 0 aliphatic heterocycles. The van der Waals surface area contributed by atoms with E-state index in [0.29, 0.717) is 37.6 Å². The molecule has 11 nitrogen and oxygen atoms in total. The summed E-state index contributed by atoms with van der Waals surface area (Å²) < 4.78 is 11.9. The summed E-state index contributed by atoms with van der Waals surface area (Å²) in [7, 11) is 1.62. The Bertz CT molecular complexity index is 1050. The van der Waals surface area contributed by atoms with E-state index >= 15 is 0 Å². The predicted molar refractivity (Wildman–Crippen MR) is 119 cm³/mol. The van der Waals surface area contributed by atoms with Gasteiger partial charge in [0.15, 0.2) is 0 Å². The third-order valence-corrected chi connectivity index (χ3v) is 4.70. The maximum absolute atomic E-state index is 12.5. The summed E-state index contributed by atoms with van der Waals surface area (Å²) in [5, 5.41) is 4.16. The number of amidine groups is 1. The highest BCUT2D eigenvalue weighted by Gasteiger charge is 2.15. The van der Waals surface area contributed by atoms with Crippen LogP contribution < -0.4 is 11.5 Å². The van der Waals surface area contributed by atoms with Gasteiger partial charge in [-0.15, -0.1) is 0 Å². The van der Waals surface area contributed by atoms with Gasteiger partial charge in [0.05, 0.1) is 43.8 Å². The number of ether oxygens (including phenoxy) is 2. The molecule has 1 atom stereocenters. The Kier molecular flexibility index (Phi) is 7.95. The van der Waals surface area contributed by atoms with Gasteiger partial charge in [-0.05, 0) is 11.6 Å². The smallest absolute Gasteiger partial charge is 0.281 e. The first-order chi connectivity index (χ1) is 15.5. The number of rotatable bonds is 10. The number of aliphatic imine (C=N–C) groups is 1. The highest BCUT2D eigenvalue weighted by atomic mass is 16.5. The lowest BCUT2D eigenvalue weighted by Crippen LogP contribution is -2.21. The van der Waals surface area contributed by atoms with E-state index in [9.17, 15) is 4.79 Å². The Labute approximate surface area is 185 Å². The molecule has 11 heteroatoms. The summed E-state index contributed by atoms with van der Waals surface area (Å²) >= 11 is 0. The number of pyridine rings is 1. The van der Waals surface area contributed by atoms with Crippen LogP contribution in [0.1, 0.15) is 28.8 Å². The summed E-state index contributed by atoms with van der Waals surface area (Å²) in [6, 6.07) is 3.70. The number of hydrogen-bond donors (Lipinski definition) is 2. The Morgan fingerprint density at radius 1 is 1.12 bits per heavy atom. The minimum absolute atomic E-state index is 0.191. The van der Waals surface area contributed by atoms with E-state index in [-0.39, 0.29) is 17.7 Å². The third-order valence-electron chi connectivity index (χ3n) is 4.70. The van der Waals surface area contributed by atoms with Crippen molar-refractivity contribution >= 4 is 17.7 Å². The summed E-state index contributed by atoms with van der Waals surface area (Å²) in [6.07, 6.45) is 7.98. The topological polar surface area (TPSA) is 156 Å². The number of amides is 1. The molecule has 0 aliphatic rings. The van der Waals surface area contributed by atoms with Gasteiger partial charge in [-0.1, -0.05) is 13.0 Å². The average molecular weight is 438 g/mol. The van der Waals surface area contributed by atoms with E-state index in [1.807, 2.05) is 19.1 Å². The monoisotopic (exact) mass is 438 g/mol. The lowest BCUT2D eigenvalue weighted by molar-refractivity contribution is 0.0654. The summed E-state index contributed by atoms with van der Waals surface area (Å²) in [4.78, 5) is 28.9. The van der Waals surface area contributed by atoms with Crippen molar-refractivity contribution in [1.82, 2.24) is 24.7 Å². The summed E-state index contributed by atoms with van der Waals surface area (Å²) in [5.41, 5.74) is 14.2. The SMILES string of the molecule is COCCOCCn1cc(C(=O)N=C(N)C(C)c2ccc(-c3cnc(N)nc3)nc2)cn1. The molecule has 1 unspecified atom stereocenters. The molecule has 4 N–H and O–H groups in total. The van der Waals surface area contributed by atoms with E-state index in [4.69, 9.17) is 20.9 Å². The molecule has 0 radical (unpaired) electrons. The van der Waals surface area contributed by atoms with Crippen molar-refractivity contribution < 1.29 is 14.3 Å². The highest BCUT2D eigenvalue weighted by molar-refractivity contribution is 6.04. The normalized spacial score (nSPS) is 12.6. The molecular formula is C21H26N8O3. The van der Waals surface area contributed by atoms with Gasteiger partial charge in [0.1, 0.15) is 5.84 Å². The number of nitrogens with two attached hydrogens (primary N) is 2. The highest BCUT2D eigenvalue weighted by Crippen LogP contribution is 2.20. The minimum Gasteiger partial charge on any atom is -0.387 e. The Hall–Kier alpha value is -3.70. The summed E-state index contributed by atoms with van der Waals surface area (Å²) in [5.74, 6) is -0.360. The number of aromatic nitrogens is 5. The number of carbonyl (C=O) groups excluding carboxylic acids is 1. The van der Waals surface area contributed by atoms with Crippen LogP contribution in [0.5, 0.6) is 0 Å². The van der Waals surface area contributed by atoms with Crippen molar-refractivity contribution in [2.45, 2.75) is 19.4 Å². The fraction of sp³-hybridized carbons (Fsp3) is 0.333. The van der Waals surface area contributed by atoms with Crippen LogP contribution in [0.2, 0.25) is 0 Å². The zero-order valence-electron chi connectivity index (χ0n) is 18.0. The molecule has 3 aromatic rings. The second-order valence-corrected chi connectivity index (χ2v) is 6.97. The van der Waals surface area contributed by atoms with Gasteiger partial charge in [-0.2, -0.15) is 10.1 Å². The molecule has 32 heavy (non-hydrogen) atoms. The van der Waals surface area contributed by atoms with E-state index in [1.54, 1.807) is 36.6 Å². The maximum atomic E-state index is 12.5. The molecular weight excluding hydrogens is 412 g/mol. The van der Waals surface area contributed by atoms with Crippen molar-refractivity contribution in [2.75, 3.05) is 32.7 Å². The van der Waals surface area contributed by atoms with E-state index in [0.717, 1.165) is 11.1 Å². The van der Waals surface area contributed by atoms with Crippen molar-refractivity contribution in [3.8, 4) is 11.3 Å². The molecule has 3 heterocycles. The zero-order valence-corrected chi connectivity index (χ0v) is 18.0. The van der Waals surface area contributed by atoms with Crippen LogP contribution in [0.15, 0.2) is 48.1 Å². The Morgan fingerprint density at radius 2 is 1.91 bits per heavy atom. The van der Waals surface area contributed by atoms with E-state index in [1.165, 1.54) is 6.20 Å². The molecule has 0 aliphatic carbocycles. The zero-order chi connectivity index (χ0) is 22.9. The molecule has 0 spiro atoms. The van der Waals surface area contributed by atoms with Crippen LogP contribution in [0.4, 0.5) is 5.95 Å². The first-order valence-corrected chi connectivity index (χ1v) is 9.99. The molecule has 0 saturated heterocycles. The molecule has 0 aromatic carbocycles. The largest absolute Gasteiger partial charge is 0.387 e. The quantitative estimate of drug-likeness (QED) is 0.270. The van der Waals surface area contributed by atoms with Crippen LogP contribution in [0.3, 0.4) is 0 Å². The third kappa shape index (κ3) is 6.15. The predicted octanol–water partition coefficient (Wildman–Crippen LogP) is 1.28. The number of nitrogens with zero attached hydrogens (tertiary/aromatic N) is 6. The second-order valence-electron chi connectivity index (χ2n) is 6.97. The lowest BCUT2D eigenvalue weighted by atomic mass is 10.0. The van der Waals surface area contributed by atoms with Gasteiger partial charge in [0, 0.05) is 43.4 Å². The average Bonchev–Trinajstić information content (AvgIpc) is 3.28. The van der Waals surface area contributed by atoms with Gasteiger partial charge < -0.3 is 20.9 Å². The van der Waals surface area contributed by atoms with Gasteiger partial charge in [0.25, 0.3) is 5.91 Å². The number of methoxy groups -OCH3 is 1. The Balaban J connectivity index is 1.60. The number of carbonyl (C=O) groups is 1. The van der Waals surface area contributed by atoms with E-state index < -0.39 is 5.91 Å². The number of hydrogen-bond acceptors (Lipinski definition) is 8. The summed E-state index contributed by atoms with van der Waals surface area (Å²) in [6.45, 7) is 3.88. The minimum atomic E-state index is -0.454. The number of nitrogen functional groups attached to an aromatic ring is 1. The number of anilines is 1. The fourth-order valence-corrected chi connectivity index (χ4v) is 2.75. The van der Waals surface area contributed by atoms with Gasteiger partial charge in [-0.25, -0.2) is 9.97 Å².